The first-order valence-corrected chi connectivity index (χ1v) is 6.41. The number of rotatable bonds is 4. The molecule has 0 aliphatic heterocycles. The van der Waals surface area contributed by atoms with Gasteiger partial charge in [-0.15, -0.1) is 0 Å². The quantitative estimate of drug-likeness (QED) is 0.824. The maximum absolute atomic E-state index is 5.66. The van der Waals surface area contributed by atoms with Gasteiger partial charge in [-0.1, -0.05) is 32.0 Å². The van der Waals surface area contributed by atoms with Crippen LogP contribution in [-0.2, 0) is 19.3 Å². The predicted octanol–water partition coefficient (Wildman–Crippen LogP) is 3.09. The molecular formula is C15H23N. The second kappa shape index (κ2) is 4.58. The minimum absolute atomic E-state index is 0.335. The standard InChI is InChI=1S/C15H23N/c1-15(2,8-9-16)11-12-6-7-13-4-3-5-14(13)10-12/h6-7,10H,3-5,8-9,11,16H2,1-2H3. The third-order valence-corrected chi connectivity index (χ3v) is 3.67. The maximum atomic E-state index is 5.66. The number of aryl methyl sites for hydroxylation is 2. The fourth-order valence-electron chi connectivity index (χ4n) is 2.77. The van der Waals surface area contributed by atoms with Crippen LogP contribution in [0.3, 0.4) is 0 Å². The summed E-state index contributed by atoms with van der Waals surface area (Å²) in [5, 5.41) is 0. The van der Waals surface area contributed by atoms with Crippen LogP contribution in [0.5, 0.6) is 0 Å². The lowest BCUT2D eigenvalue weighted by molar-refractivity contribution is 0.339. The molecule has 0 saturated heterocycles. The van der Waals surface area contributed by atoms with E-state index in [1.807, 2.05) is 0 Å². The van der Waals surface area contributed by atoms with E-state index in [-0.39, 0.29) is 0 Å². The van der Waals surface area contributed by atoms with Crippen LogP contribution in [-0.4, -0.2) is 6.54 Å². The van der Waals surface area contributed by atoms with Crippen LogP contribution < -0.4 is 5.73 Å². The Labute approximate surface area is 99.0 Å². The molecule has 16 heavy (non-hydrogen) atoms. The van der Waals surface area contributed by atoms with E-state index in [2.05, 4.69) is 32.0 Å². The topological polar surface area (TPSA) is 26.0 Å². The summed E-state index contributed by atoms with van der Waals surface area (Å²) >= 11 is 0. The first kappa shape index (κ1) is 11.7. The monoisotopic (exact) mass is 217 g/mol. The molecule has 1 aliphatic carbocycles. The van der Waals surface area contributed by atoms with Gasteiger partial charge in [0.2, 0.25) is 0 Å². The third-order valence-electron chi connectivity index (χ3n) is 3.67. The van der Waals surface area contributed by atoms with Gasteiger partial charge in [0.1, 0.15) is 0 Å². The molecule has 0 aromatic heterocycles. The van der Waals surface area contributed by atoms with E-state index in [9.17, 15) is 0 Å². The zero-order valence-corrected chi connectivity index (χ0v) is 10.6. The summed E-state index contributed by atoms with van der Waals surface area (Å²) < 4.78 is 0. The molecular weight excluding hydrogens is 194 g/mol. The van der Waals surface area contributed by atoms with Crippen molar-refractivity contribution < 1.29 is 0 Å². The van der Waals surface area contributed by atoms with Crippen LogP contribution in [0.2, 0.25) is 0 Å². The van der Waals surface area contributed by atoms with Gasteiger partial charge < -0.3 is 5.73 Å². The van der Waals surface area contributed by atoms with E-state index < -0.39 is 0 Å². The summed E-state index contributed by atoms with van der Waals surface area (Å²) in [6.45, 7) is 5.41. The minimum Gasteiger partial charge on any atom is -0.330 e. The molecule has 0 spiro atoms. The number of nitrogens with two attached hydrogens (primary N) is 1. The summed E-state index contributed by atoms with van der Waals surface area (Å²) in [6.07, 6.45) is 6.15. The Morgan fingerprint density at radius 3 is 2.69 bits per heavy atom. The lowest BCUT2D eigenvalue weighted by Crippen LogP contribution is -2.19. The normalized spacial score (nSPS) is 15.2. The molecule has 1 aromatic carbocycles. The van der Waals surface area contributed by atoms with Crippen molar-refractivity contribution >= 4 is 0 Å². The Morgan fingerprint density at radius 2 is 1.94 bits per heavy atom. The zero-order chi connectivity index (χ0) is 11.6. The van der Waals surface area contributed by atoms with Gasteiger partial charge in [0.05, 0.1) is 0 Å². The van der Waals surface area contributed by atoms with Crippen LogP contribution in [0.25, 0.3) is 0 Å². The lowest BCUT2D eigenvalue weighted by atomic mass is 9.82. The van der Waals surface area contributed by atoms with Crippen LogP contribution in [0, 0.1) is 5.41 Å². The van der Waals surface area contributed by atoms with Crippen molar-refractivity contribution in [3.05, 3.63) is 34.9 Å². The van der Waals surface area contributed by atoms with Crippen LogP contribution in [0.15, 0.2) is 18.2 Å². The summed E-state index contributed by atoms with van der Waals surface area (Å²) in [5.74, 6) is 0. The molecule has 1 aliphatic rings. The van der Waals surface area contributed by atoms with Crippen molar-refractivity contribution in [1.29, 1.82) is 0 Å². The molecule has 0 atom stereocenters. The molecule has 2 N–H and O–H groups in total. The Balaban J connectivity index is 2.10. The highest BCUT2D eigenvalue weighted by molar-refractivity contribution is 5.35. The van der Waals surface area contributed by atoms with Crippen molar-refractivity contribution in [3.8, 4) is 0 Å². The molecule has 0 saturated carbocycles. The van der Waals surface area contributed by atoms with Gasteiger partial charge in [-0.3, -0.25) is 0 Å². The minimum atomic E-state index is 0.335. The molecule has 0 amide bonds. The van der Waals surface area contributed by atoms with Gasteiger partial charge >= 0.3 is 0 Å². The summed E-state index contributed by atoms with van der Waals surface area (Å²) in [6, 6.07) is 7.05. The fraction of sp³-hybridized carbons (Fsp3) is 0.600. The zero-order valence-electron chi connectivity index (χ0n) is 10.6. The molecule has 1 aromatic rings. The molecule has 1 heteroatoms. The van der Waals surface area contributed by atoms with Gasteiger partial charge in [-0.05, 0) is 60.8 Å². The molecule has 1 nitrogen and oxygen atoms in total. The third kappa shape index (κ3) is 2.65. The van der Waals surface area contributed by atoms with E-state index in [1.54, 1.807) is 11.1 Å². The van der Waals surface area contributed by atoms with Gasteiger partial charge in [-0.25, -0.2) is 0 Å². The van der Waals surface area contributed by atoms with Gasteiger partial charge in [0.15, 0.2) is 0 Å². The number of fused-ring (bicyclic) bond motifs is 1. The smallest absolute Gasteiger partial charge is 0.00721 e. The summed E-state index contributed by atoms with van der Waals surface area (Å²) in [7, 11) is 0. The first-order chi connectivity index (χ1) is 7.61. The van der Waals surface area contributed by atoms with E-state index in [4.69, 9.17) is 5.73 Å². The molecule has 2 rings (SSSR count). The van der Waals surface area contributed by atoms with Crippen molar-refractivity contribution in [1.82, 2.24) is 0 Å². The Bertz CT molecular complexity index is 366. The summed E-state index contributed by atoms with van der Waals surface area (Å²) in [5.41, 5.74) is 10.6. The SMILES string of the molecule is CC(C)(CCN)Cc1ccc2c(c1)CCC2. The molecule has 0 unspecified atom stereocenters. The van der Waals surface area contributed by atoms with E-state index in [0.717, 1.165) is 19.4 Å². The number of hydrogen-bond donors (Lipinski definition) is 1. The van der Waals surface area contributed by atoms with Crippen LogP contribution >= 0.6 is 0 Å². The molecule has 0 radical (unpaired) electrons. The van der Waals surface area contributed by atoms with Gasteiger partial charge in [0.25, 0.3) is 0 Å². The van der Waals surface area contributed by atoms with Gasteiger partial charge in [-0.2, -0.15) is 0 Å². The van der Waals surface area contributed by atoms with Crippen molar-refractivity contribution in [2.45, 2.75) is 46.0 Å². The molecule has 0 heterocycles. The van der Waals surface area contributed by atoms with Crippen LogP contribution in [0.1, 0.15) is 43.4 Å². The lowest BCUT2D eigenvalue weighted by Gasteiger charge is -2.24. The second-order valence-electron chi connectivity index (χ2n) is 5.84. The maximum Gasteiger partial charge on any atom is -0.00721 e. The second-order valence-corrected chi connectivity index (χ2v) is 5.84. The number of benzene rings is 1. The van der Waals surface area contributed by atoms with Gasteiger partial charge in [0, 0.05) is 0 Å². The average Bonchev–Trinajstić information content (AvgIpc) is 2.63. The number of hydrogen-bond acceptors (Lipinski definition) is 1. The first-order valence-electron chi connectivity index (χ1n) is 6.41. The molecule has 0 fully saturated rings. The molecule has 88 valence electrons. The highest BCUT2D eigenvalue weighted by atomic mass is 14.5. The molecule has 0 bridgehead atoms. The van der Waals surface area contributed by atoms with E-state index in [0.29, 0.717) is 5.41 Å². The Morgan fingerprint density at radius 1 is 1.19 bits per heavy atom. The summed E-state index contributed by atoms with van der Waals surface area (Å²) in [4.78, 5) is 0. The average molecular weight is 217 g/mol. The van der Waals surface area contributed by atoms with E-state index in [1.165, 1.54) is 24.8 Å². The Kier molecular flexibility index (Phi) is 3.34. The fourth-order valence-corrected chi connectivity index (χ4v) is 2.77. The van der Waals surface area contributed by atoms with Crippen molar-refractivity contribution in [2.24, 2.45) is 11.1 Å². The Hall–Kier alpha value is -0.820. The van der Waals surface area contributed by atoms with Crippen molar-refractivity contribution in [3.63, 3.8) is 0 Å². The largest absolute Gasteiger partial charge is 0.330 e. The predicted molar refractivity (Wildman–Crippen MR) is 69.6 cm³/mol. The van der Waals surface area contributed by atoms with Crippen molar-refractivity contribution in [2.75, 3.05) is 6.54 Å². The highest BCUT2D eigenvalue weighted by Crippen LogP contribution is 2.28. The van der Waals surface area contributed by atoms with Crippen LogP contribution in [0.4, 0.5) is 0 Å². The van der Waals surface area contributed by atoms with E-state index >= 15 is 0 Å². The highest BCUT2D eigenvalue weighted by Gasteiger charge is 2.18.